The Hall–Kier alpha value is -3.39. The number of alkyl halides is 3. The Bertz CT molecular complexity index is 1370. The molecule has 5 rings (SSSR count). The number of nitrogens with zero attached hydrogens (tertiary/aromatic N) is 4. The van der Waals surface area contributed by atoms with E-state index in [1.807, 2.05) is 41.9 Å². The smallest absolute Gasteiger partial charge is 0.371 e. The zero-order valence-electron chi connectivity index (χ0n) is 20.3. The molecular formula is C28H28F4N4. The van der Waals surface area contributed by atoms with Crippen molar-refractivity contribution in [1.29, 1.82) is 0 Å². The first-order valence-electron chi connectivity index (χ1n) is 12.0. The molecule has 1 aliphatic rings. The third kappa shape index (κ3) is 4.69. The molecule has 2 heterocycles. The van der Waals surface area contributed by atoms with Crippen LogP contribution in [-0.4, -0.2) is 40.9 Å². The summed E-state index contributed by atoms with van der Waals surface area (Å²) in [5, 5.41) is 6.64. The SMILES string of the molecule is CN(Cc1ccc(F)cc1C(F)(F)F)C1CCN(c2ccc(-c3ccnn3C)c3ccccc23)CC1. The fraction of sp³-hybridized carbons (Fsp3) is 0.321. The Labute approximate surface area is 207 Å². The van der Waals surface area contributed by atoms with Crippen LogP contribution in [0.1, 0.15) is 24.0 Å². The average Bonchev–Trinajstić information content (AvgIpc) is 3.29. The number of fused-ring (bicyclic) bond motifs is 1. The molecule has 0 bridgehead atoms. The van der Waals surface area contributed by atoms with Gasteiger partial charge >= 0.3 is 6.18 Å². The van der Waals surface area contributed by atoms with Gasteiger partial charge in [-0.3, -0.25) is 9.58 Å². The summed E-state index contributed by atoms with van der Waals surface area (Å²) in [5.41, 5.74) is 2.55. The molecule has 36 heavy (non-hydrogen) atoms. The zero-order valence-corrected chi connectivity index (χ0v) is 20.3. The monoisotopic (exact) mass is 496 g/mol. The van der Waals surface area contributed by atoms with Gasteiger partial charge in [-0.2, -0.15) is 18.3 Å². The third-order valence-electron chi connectivity index (χ3n) is 7.22. The maximum Gasteiger partial charge on any atom is 0.416 e. The van der Waals surface area contributed by atoms with Crippen molar-refractivity contribution in [1.82, 2.24) is 14.7 Å². The van der Waals surface area contributed by atoms with Gasteiger partial charge in [0.05, 0.1) is 11.3 Å². The first kappa shape index (κ1) is 24.3. The molecule has 1 aliphatic heterocycles. The van der Waals surface area contributed by atoms with Crippen molar-refractivity contribution in [2.24, 2.45) is 7.05 Å². The van der Waals surface area contributed by atoms with Crippen LogP contribution in [0.15, 0.2) is 66.9 Å². The van der Waals surface area contributed by atoms with E-state index in [2.05, 4.69) is 34.3 Å². The molecule has 1 aromatic heterocycles. The lowest BCUT2D eigenvalue weighted by atomic mass is 9.97. The van der Waals surface area contributed by atoms with Gasteiger partial charge in [0, 0.05) is 55.6 Å². The van der Waals surface area contributed by atoms with Gasteiger partial charge in [0.15, 0.2) is 0 Å². The molecule has 1 fully saturated rings. The van der Waals surface area contributed by atoms with E-state index in [4.69, 9.17) is 0 Å². The van der Waals surface area contributed by atoms with Crippen LogP contribution < -0.4 is 4.90 Å². The lowest BCUT2D eigenvalue weighted by Crippen LogP contribution is -2.43. The molecule has 8 heteroatoms. The van der Waals surface area contributed by atoms with E-state index in [1.54, 1.807) is 6.20 Å². The number of hydrogen-bond donors (Lipinski definition) is 0. The summed E-state index contributed by atoms with van der Waals surface area (Å²) < 4.78 is 55.6. The van der Waals surface area contributed by atoms with E-state index in [0.717, 1.165) is 54.3 Å². The molecule has 0 saturated carbocycles. The van der Waals surface area contributed by atoms with Crippen LogP contribution in [0.4, 0.5) is 23.2 Å². The molecule has 188 valence electrons. The summed E-state index contributed by atoms with van der Waals surface area (Å²) in [4.78, 5) is 4.32. The van der Waals surface area contributed by atoms with Gasteiger partial charge in [-0.05, 0) is 55.1 Å². The highest BCUT2D eigenvalue weighted by Crippen LogP contribution is 2.37. The van der Waals surface area contributed by atoms with Crippen LogP contribution >= 0.6 is 0 Å². The predicted octanol–water partition coefficient (Wildman–Crippen LogP) is 6.50. The molecule has 0 amide bonds. The fourth-order valence-electron chi connectivity index (χ4n) is 5.32. The molecule has 0 atom stereocenters. The maximum absolute atomic E-state index is 13.5. The van der Waals surface area contributed by atoms with Crippen LogP contribution in [0.25, 0.3) is 22.0 Å². The predicted molar refractivity (Wildman–Crippen MR) is 134 cm³/mol. The van der Waals surface area contributed by atoms with Crippen molar-refractivity contribution in [3.05, 3.63) is 83.8 Å². The standard InChI is InChI=1S/C28H28F4N4/c1-34(18-19-7-8-20(29)17-25(19)28(30,31)32)21-12-15-36(16-13-21)27-10-9-24(26-11-14-33-35(26)2)22-5-3-4-6-23(22)27/h3-11,14,17,21H,12-13,15-16,18H2,1-2H3. The number of anilines is 1. The number of piperidine rings is 1. The van der Waals surface area contributed by atoms with Crippen molar-refractivity contribution in [2.45, 2.75) is 31.6 Å². The number of rotatable bonds is 5. The Morgan fingerprint density at radius 3 is 2.36 bits per heavy atom. The van der Waals surface area contributed by atoms with E-state index < -0.39 is 17.6 Å². The molecule has 0 unspecified atom stereocenters. The summed E-state index contributed by atoms with van der Waals surface area (Å²) in [6, 6.07) is 17.7. The molecule has 3 aromatic carbocycles. The first-order valence-corrected chi connectivity index (χ1v) is 12.0. The van der Waals surface area contributed by atoms with Crippen molar-refractivity contribution >= 4 is 16.5 Å². The molecule has 1 saturated heterocycles. The summed E-state index contributed by atoms with van der Waals surface area (Å²) in [6.45, 7) is 1.74. The van der Waals surface area contributed by atoms with Gasteiger partial charge < -0.3 is 4.90 Å². The van der Waals surface area contributed by atoms with Gasteiger partial charge in [0.2, 0.25) is 0 Å². The lowest BCUT2D eigenvalue weighted by molar-refractivity contribution is -0.138. The molecule has 0 aliphatic carbocycles. The zero-order chi connectivity index (χ0) is 25.4. The van der Waals surface area contributed by atoms with Crippen molar-refractivity contribution in [3.8, 4) is 11.3 Å². The van der Waals surface area contributed by atoms with Crippen LogP contribution in [0.3, 0.4) is 0 Å². The summed E-state index contributed by atoms with van der Waals surface area (Å²) >= 11 is 0. The fourth-order valence-corrected chi connectivity index (χ4v) is 5.32. The normalized spacial score (nSPS) is 15.2. The summed E-state index contributed by atoms with van der Waals surface area (Å²) in [6.07, 6.45) is -1.12. The number of benzene rings is 3. The molecule has 0 spiro atoms. The number of hydrogen-bond acceptors (Lipinski definition) is 3. The minimum absolute atomic E-state index is 0.102. The highest BCUT2D eigenvalue weighted by atomic mass is 19.4. The summed E-state index contributed by atoms with van der Waals surface area (Å²) in [7, 11) is 3.78. The van der Waals surface area contributed by atoms with E-state index in [-0.39, 0.29) is 18.2 Å². The summed E-state index contributed by atoms with van der Waals surface area (Å²) in [5.74, 6) is -0.872. The molecule has 4 nitrogen and oxygen atoms in total. The Morgan fingerprint density at radius 1 is 0.972 bits per heavy atom. The number of aromatic nitrogens is 2. The maximum atomic E-state index is 13.5. The molecule has 0 N–H and O–H groups in total. The minimum atomic E-state index is -4.58. The van der Waals surface area contributed by atoms with E-state index >= 15 is 0 Å². The number of halogens is 4. The highest BCUT2D eigenvalue weighted by Gasteiger charge is 2.34. The second-order valence-corrected chi connectivity index (χ2v) is 9.45. The lowest BCUT2D eigenvalue weighted by Gasteiger charge is -2.38. The molecule has 0 radical (unpaired) electrons. The highest BCUT2D eigenvalue weighted by molar-refractivity contribution is 6.03. The van der Waals surface area contributed by atoms with E-state index in [9.17, 15) is 17.6 Å². The van der Waals surface area contributed by atoms with E-state index in [0.29, 0.717) is 6.07 Å². The van der Waals surface area contributed by atoms with E-state index in [1.165, 1.54) is 11.5 Å². The average molecular weight is 497 g/mol. The third-order valence-corrected chi connectivity index (χ3v) is 7.22. The van der Waals surface area contributed by atoms with Crippen LogP contribution in [0.2, 0.25) is 0 Å². The van der Waals surface area contributed by atoms with Gasteiger partial charge in [0.1, 0.15) is 5.82 Å². The largest absolute Gasteiger partial charge is 0.416 e. The topological polar surface area (TPSA) is 24.3 Å². The Kier molecular flexibility index (Phi) is 6.47. The van der Waals surface area contributed by atoms with Crippen LogP contribution in [0, 0.1) is 5.82 Å². The van der Waals surface area contributed by atoms with Crippen LogP contribution in [-0.2, 0) is 19.8 Å². The van der Waals surface area contributed by atoms with Crippen molar-refractivity contribution < 1.29 is 17.6 Å². The number of aryl methyl sites for hydroxylation is 1. The van der Waals surface area contributed by atoms with Gasteiger partial charge in [0.25, 0.3) is 0 Å². The van der Waals surface area contributed by atoms with Gasteiger partial charge in [-0.15, -0.1) is 0 Å². The first-order chi connectivity index (χ1) is 17.2. The second-order valence-electron chi connectivity index (χ2n) is 9.45. The molecular weight excluding hydrogens is 468 g/mol. The minimum Gasteiger partial charge on any atom is -0.371 e. The van der Waals surface area contributed by atoms with Crippen LogP contribution in [0.5, 0.6) is 0 Å². The van der Waals surface area contributed by atoms with Crippen molar-refractivity contribution in [2.75, 3.05) is 25.0 Å². The van der Waals surface area contributed by atoms with Gasteiger partial charge in [-0.25, -0.2) is 4.39 Å². The second kappa shape index (κ2) is 9.58. The Morgan fingerprint density at radius 2 is 1.69 bits per heavy atom. The Balaban J connectivity index is 1.33. The molecule has 4 aromatic rings. The van der Waals surface area contributed by atoms with Gasteiger partial charge in [-0.1, -0.05) is 36.4 Å². The quantitative estimate of drug-likeness (QED) is 0.295. The van der Waals surface area contributed by atoms with Crippen molar-refractivity contribution in [3.63, 3.8) is 0 Å².